The molecule has 0 aliphatic heterocycles. The minimum Gasteiger partial charge on any atom is -0.496 e. The van der Waals surface area contributed by atoms with Gasteiger partial charge in [0.25, 0.3) is 10.0 Å². The third kappa shape index (κ3) is 4.50. The number of methoxy groups -OCH3 is 2. The SMILES string of the molecule is COc1cc(OC)c(S(=O)(=O)Nc2ccc(F)cc2)cc1-c1ccnn1-c1ccccc1Cl. The minimum absolute atomic E-state index is 0.0778. The Morgan fingerprint density at radius 1 is 0.970 bits per heavy atom. The zero-order chi connectivity index (χ0) is 23.6. The van der Waals surface area contributed by atoms with Gasteiger partial charge in [-0.1, -0.05) is 23.7 Å². The number of rotatable bonds is 7. The monoisotopic (exact) mass is 487 g/mol. The molecule has 0 saturated carbocycles. The number of aromatic nitrogens is 2. The summed E-state index contributed by atoms with van der Waals surface area (Å²) in [7, 11) is -1.27. The first-order valence-corrected chi connectivity index (χ1v) is 11.5. The van der Waals surface area contributed by atoms with Crippen molar-refractivity contribution < 1.29 is 22.3 Å². The highest BCUT2D eigenvalue weighted by Crippen LogP contribution is 2.39. The predicted octanol–water partition coefficient (Wildman–Crippen LogP) is 5.15. The summed E-state index contributed by atoms with van der Waals surface area (Å²) in [5.74, 6) is -0.0227. The van der Waals surface area contributed by atoms with Gasteiger partial charge in [-0.3, -0.25) is 4.72 Å². The van der Waals surface area contributed by atoms with Crippen LogP contribution in [0.2, 0.25) is 5.02 Å². The molecule has 7 nitrogen and oxygen atoms in total. The molecule has 0 saturated heterocycles. The van der Waals surface area contributed by atoms with Crippen LogP contribution in [0.15, 0.2) is 77.8 Å². The van der Waals surface area contributed by atoms with Gasteiger partial charge in [0.15, 0.2) is 0 Å². The second-order valence-corrected chi connectivity index (χ2v) is 8.95. The van der Waals surface area contributed by atoms with Crippen molar-refractivity contribution in [1.29, 1.82) is 0 Å². The van der Waals surface area contributed by atoms with E-state index < -0.39 is 15.8 Å². The van der Waals surface area contributed by atoms with Crippen molar-refractivity contribution in [2.75, 3.05) is 18.9 Å². The minimum atomic E-state index is -4.10. The van der Waals surface area contributed by atoms with E-state index in [2.05, 4.69) is 9.82 Å². The second kappa shape index (κ2) is 9.13. The fraction of sp³-hybridized carbons (Fsp3) is 0.0870. The normalized spacial score (nSPS) is 11.3. The van der Waals surface area contributed by atoms with Crippen molar-refractivity contribution in [3.8, 4) is 28.4 Å². The van der Waals surface area contributed by atoms with Crippen LogP contribution in [0.5, 0.6) is 11.5 Å². The molecule has 0 bridgehead atoms. The Morgan fingerprint density at radius 2 is 1.67 bits per heavy atom. The van der Waals surface area contributed by atoms with Gasteiger partial charge in [0.2, 0.25) is 0 Å². The van der Waals surface area contributed by atoms with Crippen molar-refractivity contribution in [3.05, 3.63) is 83.8 Å². The zero-order valence-corrected chi connectivity index (χ0v) is 19.2. The molecule has 0 atom stereocenters. The topological polar surface area (TPSA) is 82.4 Å². The Bertz CT molecular complexity index is 1410. The fourth-order valence-electron chi connectivity index (χ4n) is 3.33. The van der Waals surface area contributed by atoms with Crippen molar-refractivity contribution in [2.45, 2.75) is 4.90 Å². The molecule has 0 unspecified atom stereocenters. The van der Waals surface area contributed by atoms with E-state index in [9.17, 15) is 12.8 Å². The summed E-state index contributed by atoms with van der Waals surface area (Å²) in [6, 6.07) is 16.8. The molecular weight excluding hydrogens is 469 g/mol. The number of anilines is 1. The first-order chi connectivity index (χ1) is 15.8. The maximum Gasteiger partial charge on any atom is 0.265 e. The molecule has 0 radical (unpaired) electrons. The number of nitrogens with zero attached hydrogens (tertiary/aromatic N) is 2. The molecule has 1 N–H and O–H groups in total. The van der Waals surface area contributed by atoms with Crippen LogP contribution in [0.1, 0.15) is 0 Å². The maximum atomic E-state index is 13.2. The molecule has 0 amide bonds. The summed E-state index contributed by atoms with van der Waals surface area (Å²) in [4.78, 5) is -0.128. The summed E-state index contributed by atoms with van der Waals surface area (Å²) in [6.45, 7) is 0. The van der Waals surface area contributed by atoms with Gasteiger partial charge in [0.1, 0.15) is 22.2 Å². The smallest absolute Gasteiger partial charge is 0.265 e. The average molecular weight is 488 g/mol. The predicted molar refractivity (Wildman–Crippen MR) is 124 cm³/mol. The van der Waals surface area contributed by atoms with E-state index in [-0.39, 0.29) is 16.3 Å². The molecular formula is C23H19ClFN3O4S. The number of benzene rings is 3. The maximum absolute atomic E-state index is 13.2. The Balaban J connectivity index is 1.87. The third-order valence-electron chi connectivity index (χ3n) is 4.87. The Kier molecular flexibility index (Phi) is 6.26. The summed E-state index contributed by atoms with van der Waals surface area (Å²) >= 11 is 6.36. The number of halogens is 2. The fourth-order valence-corrected chi connectivity index (χ4v) is 4.78. The highest BCUT2D eigenvalue weighted by Gasteiger charge is 2.25. The van der Waals surface area contributed by atoms with Gasteiger partial charge in [-0.25, -0.2) is 17.5 Å². The average Bonchev–Trinajstić information content (AvgIpc) is 3.29. The number of ether oxygens (including phenoxy) is 2. The van der Waals surface area contributed by atoms with E-state index in [1.807, 2.05) is 6.07 Å². The first kappa shape index (κ1) is 22.6. The van der Waals surface area contributed by atoms with Crippen molar-refractivity contribution in [2.24, 2.45) is 0 Å². The number of sulfonamides is 1. The molecule has 4 rings (SSSR count). The molecule has 10 heteroatoms. The summed E-state index contributed by atoms with van der Waals surface area (Å²) in [6.07, 6.45) is 1.58. The number of para-hydroxylation sites is 1. The van der Waals surface area contributed by atoms with Crippen LogP contribution in [0.25, 0.3) is 16.9 Å². The lowest BCUT2D eigenvalue weighted by molar-refractivity contribution is 0.387. The summed E-state index contributed by atoms with van der Waals surface area (Å²) < 4.78 is 54.6. The summed E-state index contributed by atoms with van der Waals surface area (Å²) in [5, 5.41) is 4.83. The largest absolute Gasteiger partial charge is 0.496 e. The van der Waals surface area contributed by atoms with E-state index >= 15 is 0 Å². The Morgan fingerprint density at radius 3 is 2.33 bits per heavy atom. The number of hydrogen-bond donors (Lipinski definition) is 1. The molecule has 1 heterocycles. The van der Waals surface area contributed by atoms with Gasteiger partial charge in [-0.15, -0.1) is 0 Å². The van der Waals surface area contributed by atoms with E-state index in [4.69, 9.17) is 21.1 Å². The number of hydrogen-bond acceptors (Lipinski definition) is 5. The molecule has 0 fully saturated rings. The molecule has 170 valence electrons. The quantitative estimate of drug-likeness (QED) is 0.390. The number of nitrogens with one attached hydrogen (secondary N) is 1. The highest BCUT2D eigenvalue weighted by atomic mass is 35.5. The molecule has 3 aromatic carbocycles. The van der Waals surface area contributed by atoms with E-state index in [1.165, 1.54) is 38.5 Å². The molecule has 33 heavy (non-hydrogen) atoms. The van der Waals surface area contributed by atoms with Gasteiger partial charge in [-0.05, 0) is 48.5 Å². The van der Waals surface area contributed by atoms with E-state index in [0.29, 0.717) is 27.7 Å². The van der Waals surface area contributed by atoms with Crippen molar-refractivity contribution >= 4 is 27.3 Å². The summed E-state index contributed by atoms with van der Waals surface area (Å²) in [5.41, 5.74) is 1.83. The van der Waals surface area contributed by atoms with Crippen LogP contribution in [0.3, 0.4) is 0 Å². The van der Waals surface area contributed by atoms with E-state index in [1.54, 1.807) is 35.1 Å². The standard InChI is InChI=1S/C23H19ClFN3O4S/c1-31-21-14-22(32-2)23(33(29,30)27-16-9-7-15(25)8-10-16)13-17(21)19-11-12-26-28(19)20-6-4-3-5-18(20)24/h3-14,27H,1-2H3. The Hall–Kier alpha value is -3.56. The van der Waals surface area contributed by atoms with Crippen LogP contribution >= 0.6 is 11.6 Å². The van der Waals surface area contributed by atoms with Crippen LogP contribution in [0, 0.1) is 5.82 Å². The zero-order valence-electron chi connectivity index (χ0n) is 17.6. The highest BCUT2D eigenvalue weighted by molar-refractivity contribution is 7.92. The van der Waals surface area contributed by atoms with Crippen LogP contribution in [0.4, 0.5) is 10.1 Å². The van der Waals surface area contributed by atoms with Gasteiger partial charge in [-0.2, -0.15) is 5.10 Å². The van der Waals surface area contributed by atoms with Gasteiger partial charge in [0.05, 0.1) is 36.8 Å². The lowest BCUT2D eigenvalue weighted by Gasteiger charge is -2.17. The third-order valence-corrected chi connectivity index (χ3v) is 6.59. The van der Waals surface area contributed by atoms with Gasteiger partial charge < -0.3 is 9.47 Å². The van der Waals surface area contributed by atoms with Crippen molar-refractivity contribution in [1.82, 2.24) is 9.78 Å². The molecule has 1 aromatic heterocycles. The van der Waals surface area contributed by atoms with Gasteiger partial charge in [0, 0.05) is 17.3 Å². The molecule has 0 aliphatic carbocycles. The van der Waals surface area contributed by atoms with Crippen LogP contribution in [-0.4, -0.2) is 32.4 Å². The molecule has 4 aromatic rings. The lowest BCUT2D eigenvalue weighted by Crippen LogP contribution is -2.14. The lowest BCUT2D eigenvalue weighted by atomic mass is 10.1. The van der Waals surface area contributed by atoms with Gasteiger partial charge >= 0.3 is 0 Å². The van der Waals surface area contributed by atoms with E-state index in [0.717, 1.165) is 12.1 Å². The molecule has 0 aliphatic rings. The van der Waals surface area contributed by atoms with Crippen molar-refractivity contribution in [3.63, 3.8) is 0 Å². The van der Waals surface area contributed by atoms with Crippen LogP contribution < -0.4 is 14.2 Å². The second-order valence-electron chi connectivity index (χ2n) is 6.90. The molecule has 0 spiro atoms. The Labute approximate surface area is 195 Å². The first-order valence-electron chi connectivity index (χ1n) is 9.68. The van der Waals surface area contributed by atoms with Crippen LogP contribution in [-0.2, 0) is 10.0 Å².